The maximum absolute atomic E-state index is 13.7. The van der Waals surface area contributed by atoms with Crippen LogP contribution in [0.25, 0.3) is 11.1 Å². The van der Waals surface area contributed by atoms with Gasteiger partial charge in [-0.15, -0.1) is 0 Å². The number of hydrogen-bond donors (Lipinski definition) is 3. The Morgan fingerprint density at radius 3 is 2.09 bits per heavy atom. The molecule has 4 N–H and O–H groups in total. The molecule has 0 heterocycles. The number of anilines is 1. The van der Waals surface area contributed by atoms with Crippen LogP contribution < -0.4 is 11.1 Å². The van der Waals surface area contributed by atoms with Crippen molar-refractivity contribution in [2.75, 3.05) is 11.9 Å². The first-order chi connectivity index (χ1) is 15.0. The number of nitrogens with two attached hydrogens (primary N) is 1. The Morgan fingerprint density at radius 2 is 1.53 bits per heavy atom. The molecular formula is C24H21F3N2O3. The fourth-order valence-electron chi connectivity index (χ4n) is 3.00. The summed E-state index contributed by atoms with van der Waals surface area (Å²) in [4.78, 5) is 24.9. The molecule has 1 atom stereocenters. The largest absolute Gasteiger partial charge is 0.417 e. The molecule has 0 fully saturated rings. The quantitative estimate of drug-likeness (QED) is 0.498. The molecule has 0 unspecified atom stereocenters. The molecule has 3 rings (SSSR count). The summed E-state index contributed by atoms with van der Waals surface area (Å²) in [5, 5.41) is 11.4. The van der Waals surface area contributed by atoms with Gasteiger partial charge in [-0.05, 0) is 36.2 Å². The van der Waals surface area contributed by atoms with Gasteiger partial charge in [-0.2, -0.15) is 13.2 Å². The van der Waals surface area contributed by atoms with Crippen molar-refractivity contribution in [3.8, 4) is 11.1 Å². The van der Waals surface area contributed by atoms with E-state index in [4.69, 9.17) is 10.8 Å². The molecule has 0 saturated carbocycles. The van der Waals surface area contributed by atoms with Crippen LogP contribution in [-0.4, -0.2) is 28.9 Å². The zero-order valence-electron chi connectivity index (χ0n) is 17.1. The highest BCUT2D eigenvalue weighted by atomic mass is 19.4. The van der Waals surface area contributed by atoms with E-state index < -0.39 is 41.1 Å². The molecule has 0 aliphatic heterocycles. The smallest absolute Gasteiger partial charge is 0.394 e. The minimum Gasteiger partial charge on any atom is -0.394 e. The summed E-state index contributed by atoms with van der Waals surface area (Å²) in [5.74, 6) is -1.66. The number of carbonyl (C=O) groups excluding carboxylic acids is 2. The van der Waals surface area contributed by atoms with Crippen molar-refractivity contribution in [1.82, 2.24) is 0 Å². The summed E-state index contributed by atoms with van der Waals surface area (Å²) >= 11 is 0. The van der Waals surface area contributed by atoms with Gasteiger partial charge in [-0.25, -0.2) is 0 Å². The topological polar surface area (TPSA) is 92.4 Å². The number of amides is 1. The first-order valence-corrected chi connectivity index (χ1v) is 9.65. The van der Waals surface area contributed by atoms with Gasteiger partial charge in [-0.3, -0.25) is 9.59 Å². The molecule has 8 heteroatoms. The van der Waals surface area contributed by atoms with Crippen molar-refractivity contribution in [3.05, 3.63) is 89.5 Å². The van der Waals surface area contributed by atoms with Crippen LogP contribution in [0.2, 0.25) is 0 Å². The average molecular weight is 442 g/mol. The number of rotatable bonds is 6. The van der Waals surface area contributed by atoms with Gasteiger partial charge in [0.05, 0.1) is 12.2 Å². The molecule has 0 spiro atoms. The molecule has 0 aliphatic carbocycles. The van der Waals surface area contributed by atoms with Crippen LogP contribution in [0.15, 0.2) is 72.8 Å². The SMILES string of the molecule is C[C@](N)(CO)C(=O)Nc1ccc(C(=O)c2ccc(-c3ccccc3)cc2)c(C(F)(F)F)c1. The lowest BCUT2D eigenvalue weighted by Gasteiger charge is -2.21. The summed E-state index contributed by atoms with van der Waals surface area (Å²) in [5.41, 5.74) is 3.85. The van der Waals surface area contributed by atoms with Gasteiger partial charge in [0, 0.05) is 16.8 Å². The number of halogens is 3. The van der Waals surface area contributed by atoms with Crippen LogP contribution in [0.3, 0.4) is 0 Å². The predicted octanol–water partition coefficient (Wildman–Crippen LogP) is 4.25. The van der Waals surface area contributed by atoms with E-state index in [9.17, 15) is 22.8 Å². The third kappa shape index (κ3) is 5.04. The number of nitrogens with one attached hydrogen (secondary N) is 1. The van der Waals surface area contributed by atoms with Gasteiger partial charge < -0.3 is 16.2 Å². The van der Waals surface area contributed by atoms with Crippen LogP contribution in [0, 0.1) is 0 Å². The maximum atomic E-state index is 13.7. The van der Waals surface area contributed by atoms with Crippen molar-refractivity contribution < 1.29 is 27.9 Å². The summed E-state index contributed by atoms with van der Waals surface area (Å²) < 4.78 is 41.1. The molecular weight excluding hydrogens is 421 g/mol. The second kappa shape index (κ2) is 8.94. The molecule has 0 aromatic heterocycles. The lowest BCUT2D eigenvalue weighted by atomic mass is 9.95. The van der Waals surface area contributed by atoms with Gasteiger partial charge in [-0.1, -0.05) is 54.6 Å². The number of aliphatic hydroxyl groups is 1. The molecule has 0 radical (unpaired) electrons. The van der Waals surface area contributed by atoms with Gasteiger partial charge in [0.15, 0.2) is 5.78 Å². The lowest BCUT2D eigenvalue weighted by Crippen LogP contribution is -2.51. The van der Waals surface area contributed by atoms with E-state index in [0.29, 0.717) is 6.07 Å². The van der Waals surface area contributed by atoms with E-state index in [-0.39, 0.29) is 11.3 Å². The number of carbonyl (C=O) groups is 2. The summed E-state index contributed by atoms with van der Waals surface area (Å²) in [7, 11) is 0. The molecule has 0 aliphatic rings. The van der Waals surface area contributed by atoms with Crippen LogP contribution in [0.4, 0.5) is 18.9 Å². The lowest BCUT2D eigenvalue weighted by molar-refractivity contribution is -0.138. The van der Waals surface area contributed by atoms with Crippen molar-refractivity contribution in [1.29, 1.82) is 0 Å². The zero-order chi connectivity index (χ0) is 23.5. The third-order valence-electron chi connectivity index (χ3n) is 4.93. The molecule has 5 nitrogen and oxygen atoms in total. The van der Waals surface area contributed by atoms with E-state index >= 15 is 0 Å². The Bertz CT molecular complexity index is 1130. The Labute approximate surface area is 182 Å². The number of ketones is 1. The summed E-state index contributed by atoms with van der Waals surface area (Å²) in [6, 6.07) is 18.5. The molecule has 166 valence electrons. The highest BCUT2D eigenvalue weighted by molar-refractivity contribution is 6.10. The number of benzene rings is 3. The monoisotopic (exact) mass is 442 g/mol. The normalized spacial score (nSPS) is 13.3. The number of aliphatic hydroxyl groups excluding tert-OH is 1. The van der Waals surface area contributed by atoms with Gasteiger partial charge in [0.25, 0.3) is 0 Å². The van der Waals surface area contributed by atoms with Crippen LogP contribution in [-0.2, 0) is 11.0 Å². The predicted molar refractivity (Wildman–Crippen MR) is 115 cm³/mol. The van der Waals surface area contributed by atoms with E-state index in [0.717, 1.165) is 17.2 Å². The van der Waals surface area contributed by atoms with E-state index in [1.807, 2.05) is 30.3 Å². The minimum absolute atomic E-state index is 0.0989. The number of hydrogen-bond acceptors (Lipinski definition) is 4. The fourth-order valence-corrected chi connectivity index (χ4v) is 3.00. The van der Waals surface area contributed by atoms with E-state index in [2.05, 4.69) is 5.32 Å². The highest BCUT2D eigenvalue weighted by Crippen LogP contribution is 2.35. The van der Waals surface area contributed by atoms with Crippen molar-refractivity contribution in [2.24, 2.45) is 5.73 Å². The van der Waals surface area contributed by atoms with Crippen molar-refractivity contribution in [2.45, 2.75) is 18.6 Å². The second-order valence-electron chi connectivity index (χ2n) is 7.56. The third-order valence-corrected chi connectivity index (χ3v) is 4.93. The second-order valence-corrected chi connectivity index (χ2v) is 7.56. The van der Waals surface area contributed by atoms with Crippen LogP contribution in [0.1, 0.15) is 28.4 Å². The van der Waals surface area contributed by atoms with Crippen LogP contribution in [0.5, 0.6) is 0 Å². The molecule has 1 amide bonds. The maximum Gasteiger partial charge on any atom is 0.417 e. The van der Waals surface area contributed by atoms with E-state index in [1.54, 1.807) is 12.1 Å². The van der Waals surface area contributed by atoms with Gasteiger partial charge >= 0.3 is 6.18 Å². The molecule has 0 saturated heterocycles. The molecule has 3 aromatic rings. The van der Waals surface area contributed by atoms with Crippen molar-refractivity contribution in [3.63, 3.8) is 0 Å². The zero-order valence-corrected chi connectivity index (χ0v) is 17.1. The van der Waals surface area contributed by atoms with Crippen molar-refractivity contribution >= 4 is 17.4 Å². The molecule has 32 heavy (non-hydrogen) atoms. The fraction of sp³-hybridized carbons (Fsp3) is 0.167. The standard InChI is InChI=1S/C24H21F3N2O3/c1-23(28,14-30)22(32)29-18-11-12-19(20(13-18)24(25,26)27)21(31)17-9-7-16(8-10-17)15-5-3-2-4-6-15/h2-13,30H,14,28H2,1H3,(H,29,32)/t23-/m0/s1. The molecule has 3 aromatic carbocycles. The van der Waals surface area contributed by atoms with E-state index in [1.165, 1.54) is 25.1 Å². The average Bonchev–Trinajstić information content (AvgIpc) is 2.78. The van der Waals surface area contributed by atoms with Gasteiger partial charge in [0.2, 0.25) is 5.91 Å². The molecule has 0 bridgehead atoms. The minimum atomic E-state index is -4.83. The number of alkyl halides is 3. The summed E-state index contributed by atoms with van der Waals surface area (Å²) in [6.07, 6.45) is -4.83. The summed E-state index contributed by atoms with van der Waals surface area (Å²) in [6.45, 7) is 0.546. The first kappa shape index (κ1) is 23.2. The Hall–Kier alpha value is -3.49. The Morgan fingerprint density at radius 1 is 0.938 bits per heavy atom. The van der Waals surface area contributed by atoms with Crippen LogP contribution >= 0.6 is 0 Å². The van der Waals surface area contributed by atoms with Gasteiger partial charge in [0.1, 0.15) is 5.54 Å². The Balaban J connectivity index is 1.93. The Kier molecular flexibility index (Phi) is 6.47. The highest BCUT2D eigenvalue weighted by Gasteiger charge is 2.36. The first-order valence-electron chi connectivity index (χ1n) is 9.65.